The second-order valence-corrected chi connectivity index (χ2v) is 4.56. The Bertz CT molecular complexity index is 563. The van der Waals surface area contributed by atoms with E-state index in [0.717, 1.165) is 22.9 Å². The number of hydrogen-bond donors (Lipinski definition) is 1. The molecule has 0 spiro atoms. The lowest BCUT2D eigenvalue weighted by molar-refractivity contribution is -0.117. The fourth-order valence-corrected chi connectivity index (χ4v) is 2.12. The van der Waals surface area contributed by atoms with Gasteiger partial charge in [-0.1, -0.05) is 25.5 Å². The van der Waals surface area contributed by atoms with Crippen LogP contribution in [0.25, 0.3) is 10.8 Å². The SMILES string of the molecule is CCCCc1ccc2ccnc(CC(N)=O)c2c1. The second kappa shape index (κ2) is 5.63. The fourth-order valence-electron chi connectivity index (χ4n) is 2.12. The molecule has 3 nitrogen and oxygen atoms in total. The number of nitrogens with zero attached hydrogens (tertiary/aromatic N) is 1. The average Bonchev–Trinajstić information content (AvgIpc) is 2.36. The normalized spacial score (nSPS) is 10.7. The molecular formula is C15H18N2O. The van der Waals surface area contributed by atoms with E-state index in [4.69, 9.17) is 5.73 Å². The van der Waals surface area contributed by atoms with Crippen molar-refractivity contribution in [1.82, 2.24) is 4.98 Å². The molecule has 0 aliphatic carbocycles. The van der Waals surface area contributed by atoms with Crippen molar-refractivity contribution < 1.29 is 4.79 Å². The largest absolute Gasteiger partial charge is 0.369 e. The number of nitrogens with two attached hydrogens (primary N) is 1. The zero-order chi connectivity index (χ0) is 13.0. The highest BCUT2D eigenvalue weighted by atomic mass is 16.1. The number of fused-ring (bicyclic) bond motifs is 1. The monoisotopic (exact) mass is 242 g/mol. The molecule has 0 aliphatic heterocycles. The molecule has 2 aromatic rings. The van der Waals surface area contributed by atoms with E-state index in [1.165, 1.54) is 18.4 Å². The number of rotatable bonds is 5. The fraction of sp³-hybridized carbons (Fsp3) is 0.333. The summed E-state index contributed by atoms with van der Waals surface area (Å²) < 4.78 is 0. The maximum absolute atomic E-state index is 11.1. The second-order valence-electron chi connectivity index (χ2n) is 4.56. The molecule has 1 heterocycles. The van der Waals surface area contributed by atoms with Crippen LogP contribution in [-0.4, -0.2) is 10.9 Å². The van der Waals surface area contributed by atoms with Gasteiger partial charge in [0.25, 0.3) is 0 Å². The molecule has 1 aromatic carbocycles. The van der Waals surface area contributed by atoms with Crippen LogP contribution in [0.5, 0.6) is 0 Å². The predicted octanol–water partition coefficient (Wildman–Crippen LogP) is 2.61. The van der Waals surface area contributed by atoms with Gasteiger partial charge in [0.1, 0.15) is 0 Å². The molecule has 3 heteroatoms. The van der Waals surface area contributed by atoms with Gasteiger partial charge in [0, 0.05) is 11.6 Å². The topological polar surface area (TPSA) is 56.0 Å². The number of pyridine rings is 1. The first-order chi connectivity index (χ1) is 8.70. The van der Waals surface area contributed by atoms with Crippen LogP contribution in [0.4, 0.5) is 0 Å². The Balaban J connectivity index is 2.41. The Labute approximate surface area is 107 Å². The summed E-state index contributed by atoms with van der Waals surface area (Å²) in [5.41, 5.74) is 7.33. The van der Waals surface area contributed by atoms with E-state index in [0.29, 0.717) is 0 Å². The van der Waals surface area contributed by atoms with E-state index in [-0.39, 0.29) is 12.3 Å². The third-order valence-corrected chi connectivity index (χ3v) is 3.07. The molecule has 0 bridgehead atoms. The van der Waals surface area contributed by atoms with Gasteiger partial charge in [-0.05, 0) is 35.9 Å². The highest BCUT2D eigenvalue weighted by Gasteiger charge is 2.06. The molecule has 0 aliphatic rings. The zero-order valence-corrected chi connectivity index (χ0v) is 10.6. The quantitative estimate of drug-likeness (QED) is 0.876. The Morgan fingerprint density at radius 1 is 1.33 bits per heavy atom. The van der Waals surface area contributed by atoms with Crippen LogP contribution in [0.15, 0.2) is 30.5 Å². The molecule has 2 N–H and O–H groups in total. The van der Waals surface area contributed by atoms with E-state index < -0.39 is 0 Å². The van der Waals surface area contributed by atoms with Crippen molar-refractivity contribution in [3.8, 4) is 0 Å². The molecule has 0 atom stereocenters. The predicted molar refractivity (Wildman–Crippen MR) is 73.3 cm³/mol. The van der Waals surface area contributed by atoms with Gasteiger partial charge in [0.15, 0.2) is 0 Å². The summed E-state index contributed by atoms with van der Waals surface area (Å²) in [5.74, 6) is -0.339. The van der Waals surface area contributed by atoms with Crippen LogP contribution >= 0.6 is 0 Å². The van der Waals surface area contributed by atoms with Crippen LogP contribution < -0.4 is 5.73 Å². The van der Waals surface area contributed by atoms with Gasteiger partial charge in [-0.25, -0.2) is 0 Å². The number of aryl methyl sites for hydroxylation is 1. The van der Waals surface area contributed by atoms with Crippen LogP contribution in [0.1, 0.15) is 31.0 Å². The van der Waals surface area contributed by atoms with E-state index in [1.807, 2.05) is 6.07 Å². The van der Waals surface area contributed by atoms with Crippen molar-refractivity contribution in [3.63, 3.8) is 0 Å². The maximum atomic E-state index is 11.1. The van der Waals surface area contributed by atoms with Gasteiger partial charge < -0.3 is 5.73 Å². The van der Waals surface area contributed by atoms with E-state index in [9.17, 15) is 4.79 Å². The lowest BCUT2D eigenvalue weighted by atomic mass is 10.0. The Hall–Kier alpha value is -1.90. The summed E-state index contributed by atoms with van der Waals surface area (Å²) in [5, 5.41) is 2.16. The summed E-state index contributed by atoms with van der Waals surface area (Å²) in [4.78, 5) is 15.3. The summed E-state index contributed by atoms with van der Waals surface area (Å²) in [6.45, 7) is 2.18. The minimum atomic E-state index is -0.339. The molecular weight excluding hydrogens is 224 g/mol. The van der Waals surface area contributed by atoms with Crippen molar-refractivity contribution in [2.75, 3.05) is 0 Å². The Kier molecular flexibility index (Phi) is 3.92. The lowest BCUT2D eigenvalue weighted by Crippen LogP contribution is -2.14. The number of unbranched alkanes of at least 4 members (excludes halogenated alkanes) is 1. The molecule has 0 fully saturated rings. The van der Waals surface area contributed by atoms with E-state index in [1.54, 1.807) is 6.20 Å². The first-order valence-electron chi connectivity index (χ1n) is 6.35. The summed E-state index contributed by atoms with van der Waals surface area (Å²) in [7, 11) is 0. The minimum Gasteiger partial charge on any atom is -0.369 e. The number of amides is 1. The first-order valence-corrected chi connectivity index (χ1v) is 6.35. The van der Waals surface area contributed by atoms with Crippen molar-refractivity contribution in [2.24, 2.45) is 5.73 Å². The van der Waals surface area contributed by atoms with Gasteiger partial charge in [0.2, 0.25) is 5.91 Å². The molecule has 18 heavy (non-hydrogen) atoms. The number of carbonyl (C=O) groups excluding carboxylic acids is 1. The van der Waals surface area contributed by atoms with Crippen LogP contribution in [-0.2, 0) is 17.6 Å². The van der Waals surface area contributed by atoms with Gasteiger partial charge in [-0.2, -0.15) is 0 Å². The molecule has 1 amide bonds. The van der Waals surface area contributed by atoms with E-state index >= 15 is 0 Å². The van der Waals surface area contributed by atoms with Crippen molar-refractivity contribution >= 4 is 16.7 Å². The smallest absolute Gasteiger partial charge is 0.223 e. The van der Waals surface area contributed by atoms with Gasteiger partial charge >= 0.3 is 0 Å². The highest BCUT2D eigenvalue weighted by molar-refractivity contribution is 5.88. The molecule has 1 aromatic heterocycles. The molecule has 94 valence electrons. The molecule has 2 rings (SSSR count). The van der Waals surface area contributed by atoms with Crippen LogP contribution in [0.3, 0.4) is 0 Å². The highest BCUT2D eigenvalue weighted by Crippen LogP contribution is 2.20. The third-order valence-electron chi connectivity index (χ3n) is 3.07. The summed E-state index contributed by atoms with van der Waals surface area (Å²) in [6.07, 6.45) is 5.36. The van der Waals surface area contributed by atoms with Crippen LogP contribution in [0, 0.1) is 0 Å². The molecule has 0 unspecified atom stereocenters. The Morgan fingerprint density at radius 3 is 2.89 bits per heavy atom. The number of hydrogen-bond acceptors (Lipinski definition) is 2. The third kappa shape index (κ3) is 2.86. The van der Waals surface area contributed by atoms with Crippen molar-refractivity contribution in [1.29, 1.82) is 0 Å². The number of primary amides is 1. The lowest BCUT2D eigenvalue weighted by Gasteiger charge is -2.06. The number of benzene rings is 1. The maximum Gasteiger partial charge on any atom is 0.223 e. The summed E-state index contributed by atoms with van der Waals surface area (Å²) in [6, 6.07) is 8.33. The molecule has 0 radical (unpaired) electrons. The van der Waals surface area contributed by atoms with E-state index in [2.05, 4.69) is 30.1 Å². The average molecular weight is 242 g/mol. The van der Waals surface area contributed by atoms with Crippen molar-refractivity contribution in [3.05, 3.63) is 41.7 Å². The molecule has 0 saturated carbocycles. The van der Waals surface area contributed by atoms with Gasteiger partial charge in [0.05, 0.1) is 12.1 Å². The zero-order valence-electron chi connectivity index (χ0n) is 10.6. The number of carbonyl (C=O) groups is 1. The first kappa shape index (κ1) is 12.6. The summed E-state index contributed by atoms with van der Waals surface area (Å²) >= 11 is 0. The van der Waals surface area contributed by atoms with Gasteiger partial charge in [-0.3, -0.25) is 9.78 Å². The minimum absolute atomic E-state index is 0.203. The number of aromatic nitrogens is 1. The van der Waals surface area contributed by atoms with Crippen LogP contribution in [0.2, 0.25) is 0 Å². The Morgan fingerprint density at radius 2 is 2.17 bits per heavy atom. The standard InChI is InChI=1S/C15H18N2O/c1-2-3-4-11-5-6-12-7-8-17-14(10-15(16)18)13(12)9-11/h5-9H,2-4,10H2,1H3,(H2,16,18). The molecule has 0 saturated heterocycles. The van der Waals surface area contributed by atoms with Gasteiger partial charge in [-0.15, -0.1) is 0 Å². The van der Waals surface area contributed by atoms with Crippen molar-refractivity contribution in [2.45, 2.75) is 32.6 Å².